The van der Waals surface area contributed by atoms with Gasteiger partial charge in [-0.05, 0) is 17.9 Å². The highest BCUT2D eigenvalue weighted by Crippen LogP contribution is 2.64. The molecule has 2 aliphatic rings. The molecule has 17 heavy (non-hydrogen) atoms. The lowest BCUT2D eigenvalue weighted by molar-refractivity contribution is -0.119. The first-order valence-corrected chi connectivity index (χ1v) is 8.20. The topological polar surface area (TPSA) is 34.1 Å². The normalized spacial score (nSPS) is 36.6. The van der Waals surface area contributed by atoms with Gasteiger partial charge in [-0.3, -0.25) is 9.59 Å². The summed E-state index contributed by atoms with van der Waals surface area (Å²) in [4.78, 5) is 24.0. The number of hydrogen-bond acceptors (Lipinski definition) is 4. The Balaban J connectivity index is 2.58. The first kappa shape index (κ1) is 13.2. The predicted molar refractivity (Wildman–Crippen MR) is 74.1 cm³/mol. The Hall–Kier alpha value is -0.220. The number of carbonyl (C=O) groups is 2. The standard InChI is InChI=1S/C13H18O2S2/c1-12-5-8(14)6-13(12,2)10(9(15)7-12)11(16-3)17-4/h5-7H2,1-4H3/t12-,13+/m0/s1. The maximum Gasteiger partial charge on any atom is 0.161 e. The lowest BCUT2D eigenvalue weighted by Crippen LogP contribution is -2.27. The highest BCUT2D eigenvalue weighted by molar-refractivity contribution is 8.21. The molecule has 0 unspecified atom stereocenters. The van der Waals surface area contributed by atoms with E-state index >= 15 is 0 Å². The van der Waals surface area contributed by atoms with Crippen molar-refractivity contribution < 1.29 is 9.59 Å². The first-order chi connectivity index (χ1) is 7.88. The Morgan fingerprint density at radius 2 is 1.65 bits per heavy atom. The van der Waals surface area contributed by atoms with E-state index in [0.717, 1.165) is 9.81 Å². The number of allylic oxidation sites excluding steroid dienone is 1. The van der Waals surface area contributed by atoms with Crippen LogP contribution in [0.3, 0.4) is 0 Å². The van der Waals surface area contributed by atoms with Gasteiger partial charge in [0.15, 0.2) is 5.78 Å². The smallest absolute Gasteiger partial charge is 0.161 e. The summed E-state index contributed by atoms with van der Waals surface area (Å²) in [5, 5.41) is 0. The molecule has 0 aromatic rings. The molecule has 0 aromatic heterocycles. The lowest BCUT2D eigenvalue weighted by atomic mass is 9.69. The second kappa shape index (κ2) is 4.16. The summed E-state index contributed by atoms with van der Waals surface area (Å²) in [6, 6.07) is 0. The predicted octanol–water partition coefficient (Wildman–Crippen LogP) is 3.27. The number of ketones is 2. The molecular weight excluding hydrogens is 252 g/mol. The van der Waals surface area contributed by atoms with E-state index in [1.807, 2.05) is 12.5 Å². The highest BCUT2D eigenvalue weighted by Gasteiger charge is 2.61. The molecule has 2 atom stereocenters. The van der Waals surface area contributed by atoms with Crippen molar-refractivity contribution in [2.75, 3.05) is 12.5 Å². The molecule has 4 heteroatoms. The molecule has 2 nitrogen and oxygen atoms in total. The Kier molecular flexibility index (Phi) is 3.24. The molecule has 0 heterocycles. The number of Topliss-reactive ketones (excluding diaryl/α,β-unsaturated/α-hetero) is 2. The second-order valence-corrected chi connectivity index (χ2v) is 7.35. The van der Waals surface area contributed by atoms with Crippen molar-refractivity contribution in [2.45, 2.75) is 33.1 Å². The van der Waals surface area contributed by atoms with E-state index in [4.69, 9.17) is 0 Å². The minimum Gasteiger partial charge on any atom is -0.300 e. The molecule has 2 rings (SSSR count). The molecule has 0 bridgehead atoms. The summed E-state index contributed by atoms with van der Waals surface area (Å²) in [5.41, 5.74) is 0.543. The molecule has 0 aromatic carbocycles. The van der Waals surface area contributed by atoms with Crippen LogP contribution in [0.2, 0.25) is 0 Å². The Morgan fingerprint density at radius 3 is 2.18 bits per heavy atom. The summed E-state index contributed by atoms with van der Waals surface area (Å²) >= 11 is 3.26. The molecule has 2 saturated carbocycles. The van der Waals surface area contributed by atoms with Crippen LogP contribution in [0.4, 0.5) is 0 Å². The van der Waals surface area contributed by atoms with Crippen LogP contribution >= 0.6 is 23.5 Å². The fourth-order valence-electron chi connectivity index (χ4n) is 3.33. The molecule has 2 fully saturated rings. The van der Waals surface area contributed by atoms with Gasteiger partial charge in [0, 0.05) is 34.5 Å². The maximum atomic E-state index is 12.3. The monoisotopic (exact) mass is 270 g/mol. The van der Waals surface area contributed by atoms with Crippen molar-refractivity contribution in [1.29, 1.82) is 0 Å². The third kappa shape index (κ3) is 1.72. The fraction of sp³-hybridized carbons (Fsp3) is 0.692. The van der Waals surface area contributed by atoms with E-state index in [0.29, 0.717) is 25.0 Å². The van der Waals surface area contributed by atoms with Gasteiger partial charge in [0.1, 0.15) is 5.78 Å². The van der Waals surface area contributed by atoms with Crippen molar-refractivity contribution in [1.82, 2.24) is 0 Å². The van der Waals surface area contributed by atoms with Gasteiger partial charge >= 0.3 is 0 Å². The average molecular weight is 270 g/mol. The Morgan fingerprint density at radius 1 is 1.06 bits per heavy atom. The van der Waals surface area contributed by atoms with E-state index in [2.05, 4.69) is 13.8 Å². The molecule has 2 aliphatic carbocycles. The van der Waals surface area contributed by atoms with Gasteiger partial charge in [-0.15, -0.1) is 23.5 Å². The van der Waals surface area contributed by atoms with Crippen molar-refractivity contribution in [3.8, 4) is 0 Å². The van der Waals surface area contributed by atoms with Gasteiger partial charge in [-0.1, -0.05) is 13.8 Å². The third-order valence-corrected chi connectivity index (χ3v) is 6.58. The summed E-state index contributed by atoms with van der Waals surface area (Å²) in [6.45, 7) is 4.20. The van der Waals surface area contributed by atoms with Crippen LogP contribution in [0.25, 0.3) is 0 Å². The zero-order valence-corrected chi connectivity index (χ0v) is 12.4. The van der Waals surface area contributed by atoms with E-state index in [1.54, 1.807) is 23.5 Å². The van der Waals surface area contributed by atoms with Gasteiger partial charge in [0.05, 0.1) is 0 Å². The number of rotatable bonds is 2. The van der Waals surface area contributed by atoms with Crippen LogP contribution < -0.4 is 0 Å². The van der Waals surface area contributed by atoms with E-state index in [9.17, 15) is 9.59 Å². The van der Waals surface area contributed by atoms with Gasteiger partial charge in [-0.2, -0.15) is 0 Å². The summed E-state index contributed by atoms with van der Waals surface area (Å²) in [6.07, 6.45) is 5.64. The lowest BCUT2D eigenvalue weighted by Gasteiger charge is -2.33. The minimum atomic E-state index is -0.234. The van der Waals surface area contributed by atoms with Crippen molar-refractivity contribution in [3.63, 3.8) is 0 Å². The molecule has 0 saturated heterocycles. The molecule has 0 aliphatic heterocycles. The van der Waals surface area contributed by atoms with Crippen molar-refractivity contribution in [3.05, 3.63) is 9.81 Å². The molecule has 0 N–H and O–H groups in total. The van der Waals surface area contributed by atoms with Crippen molar-refractivity contribution >= 4 is 35.1 Å². The van der Waals surface area contributed by atoms with Crippen LogP contribution in [-0.4, -0.2) is 24.1 Å². The third-order valence-electron chi connectivity index (χ3n) is 4.43. The molecule has 0 radical (unpaired) electrons. The molecule has 94 valence electrons. The number of carbonyl (C=O) groups excluding carboxylic acids is 2. The zero-order valence-electron chi connectivity index (χ0n) is 10.8. The first-order valence-electron chi connectivity index (χ1n) is 5.75. The van der Waals surface area contributed by atoms with Gasteiger partial charge in [0.25, 0.3) is 0 Å². The minimum absolute atomic E-state index is 0.146. The van der Waals surface area contributed by atoms with E-state index < -0.39 is 0 Å². The van der Waals surface area contributed by atoms with Crippen LogP contribution in [0.5, 0.6) is 0 Å². The Bertz CT molecular complexity index is 421. The fourth-order valence-corrected chi connectivity index (χ4v) is 5.08. The summed E-state index contributed by atoms with van der Waals surface area (Å²) in [7, 11) is 0. The van der Waals surface area contributed by atoms with Crippen LogP contribution in [0.15, 0.2) is 9.81 Å². The van der Waals surface area contributed by atoms with Crippen LogP contribution in [0.1, 0.15) is 33.1 Å². The molecular formula is C13H18O2S2. The molecule has 0 amide bonds. The Labute approximate surface area is 111 Å². The SMILES string of the molecule is CSC(SC)=C1C(=O)C[C@]2(C)CC(=O)C[C@]12C. The van der Waals surface area contributed by atoms with Crippen LogP contribution in [0, 0.1) is 10.8 Å². The number of fused-ring (bicyclic) bond motifs is 1. The van der Waals surface area contributed by atoms with E-state index in [1.165, 1.54) is 0 Å². The van der Waals surface area contributed by atoms with Crippen molar-refractivity contribution in [2.24, 2.45) is 10.8 Å². The number of hydrogen-bond donors (Lipinski definition) is 0. The molecule has 0 spiro atoms. The van der Waals surface area contributed by atoms with Gasteiger partial charge in [0.2, 0.25) is 0 Å². The zero-order chi connectivity index (χ0) is 12.8. The van der Waals surface area contributed by atoms with Crippen LogP contribution in [-0.2, 0) is 9.59 Å². The average Bonchev–Trinajstić information content (AvgIpc) is 2.53. The van der Waals surface area contributed by atoms with Gasteiger partial charge < -0.3 is 0 Å². The number of thioether (sulfide) groups is 2. The second-order valence-electron chi connectivity index (χ2n) is 5.46. The summed E-state index contributed by atoms with van der Waals surface area (Å²) < 4.78 is 1.09. The quantitative estimate of drug-likeness (QED) is 0.721. The highest BCUT2D eigenvalue weighted by atomic mass is 32.2. The van der Waals surface area contributed by atoms with E-state index in [-0.39, 0.29) is 16.6 Å². The van der Waals surface area contributed by atoms with Gasteiger partial charge in [-0.25, -0.2) is 0 Å². The maximum absolute atomic E-state index is 12.3. The largest absolute Gasteiger partial charge is 0.300 e. The summed E-state index contributed by atoms with van der Waals surface area (Å²) in [5.74, 6) is 0.558.